The Hall–Kier alpha value is -2.04. The molecular weight excluding hydrogens is 301 g/mol. The van der Waals surface area contributed by atoms with Crippen LogP contribution in [0.15, 0.2) is 64.9 Å². The molecule has 0 rings (SSSR count). The molecule has 0 unspecified atom stereocenters. The molecule has 0 aliphatic carbocycles. The molecule has 5 heteroatoms. The van der Waals surface area contributed by atoms with Gasteiger partial charge in [-0.25, -0.2) is 4.99 Å². The number of aliphatic imine (C=N–C) groups is 1. The largest absolute Gasteiger partial charge is 0.416 e. The minimum Gasteiger partial charge on any atom is -0.366 e. The standard InChI is InChI=1S/C18H25F3N2/c1-5-9-13-22-17(10-6-2)23-14-15(7-3)11-12-16(8-4)18(19,20)21/h6-13H,5,14H2,1-4H3,(H,22,23)/b10-6-,12-11-,13-9+,15-7+,16-8?. The second-order valence-electron chi connectivity index (χ2n) is 4.60. The Bertz CT molecular complexity index is 519. The van der Waals surface area contributed by atoms with Crippen molar-refractivity contribution in [2.75, 3.05) is 6.54 Å². The van der Waals surface area contributed by atoms with Gasteiger partial charge in [0.25, 0.3) is 0 Å². The van der Waals surface area contributed by atoms with Gasteiger partial charge in [-0.05, 0) is 38.8 Å². The normalized spacial score (nSPS) is 15.3. The Morgan fingerprint density at radius 1 is 1.04 bits per heavy atom. The molecule has 0 atom stereocenters. The summed E-state index contributed by atoms with van der Waals surface area (Å²) in [5.41, 5.74) is 0.0790. The molecule has 23 heavy (non-hydrogen) atoms. The van der Waals surface area contributed by atoms with Crippen LogP contribution in [0.25, 0.3) is 0 Å². The van der Waals surface area contributed by atoms with Gasteiger partial charge in [-0.15, -0.1) is 0 Å². The second-order valence-corrected chi connectivity index (χ2v) is 4.60. The highest BCUT2D eigenvalue weighted by Gasteiger charge is 2.30. The average Bonchev–Trinajstić information content (AvgIpc) is 2.49. The first-order chi connectivity index (χ1) is 10.9. The summed E-state index contributed by atoms with van der Waals surface area (Å²) < 4.78 is 38.0. The summed E-state index contributed by atoms with van der Waals surface area (Å²) in [7, 11) is 0. The van der Waals surface area contributed by atoms with Crippen LogP contribution in [-0.4, -0.2) is 18.6 Å². The van der Waals surface area contributed by atoms with Gasteiger partial charge in [0.2, 0.25) is 0 Å². The lowest BCUT2D eigenvalue weighted by Crippen LogP contribution is -2.23. The molecule has 0 heterocycles. The third kappa shape index (κ3) is 9.55. The highest BCUT2D eigenvalue weighted by atomic mass is 19.4. The lowest BCUT2D eigenvalue weighted by Gasteiger charge is -2.09. The first-order valence-electron chi connectivity index (χ1n) is 7.55. The number of nitrogens with zero attached hydrogens (tertiary/aromatic N) is 1. The van der Waals surface area contributed by atoms with Crippen molar-refractivity contribution in [2.24, 2.45) is 4.99 Å². The van der Waals surface area contributed by atoms with E-state index < -0.39 is 11.7 Å². The van der Waals surface area contributed by atoms with E-state index in [1.54, 1.807) is 19.2 Å². The Kier molecular flexibility index (Phi) is 10.5. The number of nitrogens with one attached hydrogen (secondary N) is 1. The summed E-state index contributed by atoms with van der Waals surface area (Å²) in [6, 6.07) is 0. The van der Waals surface area contributed by atoms with E-state index in [-0.39, 0.29) is 0 Å². The van der Waals surface area contributed by atoms with Gasteiger partial charge in [-0.1, -0.05) is 43.4 Å². The molecule has 0 radical (unpaired) electrons. The highest BCUT2D eigenvalue weighted by Crippen LogP contribution is 2.26. The molecule has 2 nitrogen and oxygen atoms in total. The predicted molar refractivity (Wildman–Crippen MR) is 92.4 cm³/mol. The van der Waals surface area contributed by atoms with Crippen LogP contribution in [0.3, 0.4) is 0 Å². The molecular formula is C18H25F3N2. The Morgan fingerprint density at radius 3 is 2.22 bits per heavy atom. The maximum absolute atomic E-state index is 12.7. The molecule has 0 saturated carbocycles. The minimum absolute atomic E-state index is 0.394. The van der Waals surface area contributed by atoms with Gasteiger partial charge in [0.05, 0.1) is 5.57 Å². The van der Waals surface area contributed by atoms with E-state index in [0.29, 0.717) is 12.4 Å². The van der Waals surface area contributed by atoms with Crippen molar-refractivity contribution in [2.45, 2.75) is 40.3 Å². The maximum atomic E-state index is 12.7. The van der Waals surface area contributed by atoms with Gasteiger partial charge >= 0.3 is 6.18 Å². The summed E-state index contributed by atoms with van der Waals surface area (Å²) in [6.07, 6.45) is 9.20. The number of alkyl halides is 3. The topological polar surface area (TPSA) is 24.4 Å². The molecule has 0 aliphatic heterocycles. The number of allylic oxidation sites excluding steroid dienone is 6. The summed E-state index contributed by atoms with van der Waals surface area (Å²) in [6.45, 7) is 7.44. The smallest absolute Gasteiger partial charge is 0.366 e. The van der Waals surface area contributed by atoms with Crippen molar-refractivity contribution >= 4 is 5.84 Å². The fourth-order valence-corrected chi connectivity index (χ4v) is 1.54. The number of rotatable bonds is 7. The highest BCUT2D eigenvalue weighted by molar-refractivity contribution is 5.93. The van der Waals surface area contributed by atoms with E-state index in [2.05, 4.69) is 10.3 Å². The molecule has 0 spiro atoms. The van der Waals surface area contributed by atoms with E-state index in [1.165, 1.54) is 13.0 Å². The lowest BCUT2D eigenvalue weighted by molar-refractivity contribution is -0.0883. The van der Waals surface area contributed by atoms with Crippen molar-refractivity contribution in [3.63, 3.8) is 0 Å². The van der Waals surface area contributed by atoms with Crippen LogP contribution in [0, 0.1) is 0 Å². The number of halogens is 3. The van der Waals surface area contributed by atoms with E-state index in [1.807, 2.05) is 32.1 Å². The Balaban J connectivity index is 4.90. The molecule has 0 aromatic heterocycles. The Labute approximate surface area is 136 Å². The fourth-order valence-electron chi connectivity index (χ4n) is 1.54. The van der Waals surface area contributed by atoms with Gasteiger partial charge in [0, 0.05) is 12.7 Å². The molecule has 0 aliphatic rings. The van der Waals surface area contributed by atoms with Crippen LogP contribution in [0.2, 0.25) is 0 Å². The molecule has 0 aromatic carbocycles. The zero-order valence-corrected chi connectivity index (χ0v) is 14.1. The lowest BCUT2D eigenvalue weighted by atomic mass is 10.1. The summed E-state index contributed by atoms with van der Waals surface area (Å²) in [4.78, 5) is 4.26. The Morgan fingerprint density at radius 2 is 1.74 bits per heavy atom. The third-order valence-corrected chi connectivity index (χ3v) is 2.84. The second kappa shape index (κ2) is 11.5. The van der Waals surface area contributed by atoms with Crippen LogP contribution in [0.4, 0.5) is 13.2 Å². The molecule has 1 N–H and O–H groups in total. The minimum atomic E-state index is -4.33. The van der Waals surface area contributed by atoms with Crippen LogP contribution < -0.4 is 5.32 Å². The van der Waals surface area contributed by atoms with Crippen LogP contribution in [0.1, 0.15) is 34.1 Å². The predicted octanol–water partition coefficient (Wildman–Crippen LogP) is 5.49. The van der Waals surface area contributed by atoms with E-state index in [9.17, 15) is 13.2 Å². The quantitative estimate of drug-likeness (QED) is 0.374. The summed E-state index contributed by atoms with van der Waals surface area (Å²) in [5, 5.41) is 3.10. The van der Waals surface area contributed by atoms with E-state index in [4.69, 9.17) is 0 Å². The molecule has 0 fully saturated rings. The van der Waals surface area contributed by atoms with Gasteiger partial charge < -0.3 is 5.32 Å². The fraction of sp³-hybridized carbons (Fsp3) is 0.389. The zero-order chi connectivity index (χ0) is 17.7. The summed E-state index contributed by atoms with van der Waals surface area (Å²) >= 11 is 0. The van der Waals surface area contributed by atoms with Crippen LogP contribution >= 0.6 is 0 Å². The monoisotopic (exact) mass is 326 g/mol. The first kappa shape index (κ1) is 21.0. The van der Waals surface area contributed by atoms with Crippen molar-refractivity contribution in [3.8, 4) is 0 Å². The van der Waals surface area contributed by atoms with E-state index in [0.717, 1.165) is 24.1 Å². The number of amidine groups is 1. The summed E-state index contributed by atoms with van der Waals surface area (Å²) in [5.74, 6) is 0.659. The molecule has 0 bridgehead atoms. The van der Waals surface area contributed by atoms with Crippen LogP contribution in [0.5, 0.6) is 0 Å². The third-order valence-electron chi connectivity index (χ3n) is 2.84. The number of hydrogen-bond acceptors (Lipinski definition) is 1. The van der Waals surface area contributed by atoms with Crippen molar-refractivity contribution in [1.29, 1.82) is 0 Å². The van der Waals surface area contributed by atoms with E-state index >= 15 is 0 Å². The van der Waals surface area contributed by atoms with Gasteiger partial charge in [-0.3, -0.25) is 0 Å². The van der Waals surface area contributed by atoms with Gasteiger partial charge in [-0.2, -0.15) is 13.2 Å². The van der Waals surface area contributed by atoms with Crippen molar-refractivity contribution in [3.05, 3.63) is 59.9 Å². The maximum Gasteiger partial charge on any atom is 0.416 e. The number of hydrogen-bond donors (Lipinski definition) is 1. The van der Waals surface area contributed by atoms with Crippen molar-refractivity contribution in [1.82, 2.24) is 5.32 Å². The van der Waals surface area contributed by atoms with Gasteiger partial charge in [0.15, 0.2) is 0 Å². The SMILES string of the molecule is CC=C(/C=C\C(=C/C)CNC(/C=C\C)=N/C=C/CC)C(F)(F)F. The molecule has 0 saturated heterocycles. The van der Waals surface area contributed by atoms with Crippen LogP contribution in [-0.2, 0) is 0 Å². The van der Waals surface area contributed by atoms with Gasteiger partial charge in [0.1, 0.15) is 5.84 Å². The molecule has 0 aromatic rings. The average molecular weight is 326 g/mol. The zero-order valence-electron chi connectivity index (χ0n) is 14.1. The molecule has 128 valence electrons. The first-order valence-corrected chi connectivity index (χ1v) is 7.55. The molecule has 0 amide bonds. The van der Waals surface area contributed by atoms with Crippen molar-refractivity contribution < 1.29 is 13.2 Å².